The lowest BCUT2D eigenvalue weighted by atomic mass is 9.42. The van der Waals surface area contributed by atoms with Gasteiger partial charge in [-0.15, -0.1) is 0 Å². The SMILES string of the molecule is C[C@H]1O[C@H](O[C@H]2[C@@H](O)C[C@@H](O[C@@H]3[C@@H](O)C[C@H](O[C@H]4CC[C@@]5(C)[C@H](CC[C@@H]6[C@H]5CC[C@]5(C)[C@H]7CC[C@]65O[C@@H]5NC(=O)C[C@H]57)C4)O[C@@H]3C)O[C@@H]2C)C[C@H](O)[C@@H]1O. The summed E-state index contributed by atoms with van der Waals surface area (Å²) < 4.78 is 44.2. The molecule has 4 saturated carbocycles. The van der Waals surface area contributed by atoms with Crippen LogP contribution >= 0.6 is 0 Å². The van der Waals surface area contributed by atoms with Crippen molar-refractivity contribution in [2.24, 2.45) is 40.4 Å². The molecule has 1 amide bonds. The van der Waals surface area contributed by atoms with Crippen LogP contribution in [-0.2, 0) is 38.0 Å². The summed E-state index contributed by atoms with van der Waals surface area (Å²) >= 11 is 0. The van der Waals surface area contributed by atoms with E-state index >= 15 is 0 Å². The van der Waals surface area contributed by atoms with Gasteiger partial charge in [-0.05, 0) is 108 Å². The first-order valence-electron chi connectivity index (χ1n) is 21.3. The molecule has 306 valence electrons. The van der Waals surface area contributed by atoms with Crippen LogP contribution in [0.3, 0.4) is 0 Å². The number of carbonyl (C=O) groups excluding carboxylic acids is 1. The summed E-state index contributed by atoms with van der Waals surface area (Å²) in [6.45, 7) is 10.4. The smallest absolute Gasteiger partial charge is 0.222 e. The third-order valence-corrected chi connectivity index (χ3v) is 16.7. The number of aliphatic hydroxyl groups is 4. The van der Waals surface area contributed by atoms with Gasteiger partial charge >= 0.3 is 0 Å². The summed E-state index contributed by atoms with van der Waals surface area (Å²) in [5, 5.41) is 45.7. The van der Waals surface area contributed by atoms with Crippen molar-refractivity contribution in [2.45, 2.75) is 210 Å². The number of fused-ring (bicyclic) bond motifs is 5. The number of aliphatic hydroxyl groups excluding tert-OH is 4. The van der Waals surface area contributed by atoms with Crippen molar-refractivity contribution in [3.8, 4) is 0 Å². The van der Waals surface area contributed by atoms with Gasteiger partial charge < -0.3 is 58.9 Å². The molecule has 54 heavy (non-hydrogen) atoms. The molecule has 13 heteroatoms. The second-order valence-electron chi connectivity index (χ2n) is 19.4. The Kier molecular flexibility index (Phi) is 10.1. The van der Waals surface area contributed by atoms with E-state index in [1.54, 1.807) is 13.8 Å². The van der Waals surface area contributed by atoms with Crippen LogP contribution < -0.4 is 5.32 Å². The van der Waals surface area contributed by atoms with Crippen LogP contribution in [0.2, 0.25) is 0 Å². The Balaban J connectivity index is 0.776. The van der Waals surface area contributed by atoms with Crippen LogP contribution in [0.25, 0.3) is 0 Å². The number of nitrogens with one attached hydrogen (secondary N) is 1. The number of hydrogen-bond donors (Lipinski definition) is 5. The van der Waals surface area contributed by atoms with Gasteiger partial charge in [0.1, 0.15) is 24.5 Å². The molecule has 5 heterocycles. The van der Waals surface area contributed by atoms with Crippen LogP contribution in [0.4, 0.5) is 0 Å². The monoisotopic (exact) mass is 763 g/mol. The van der Waals surface area contributed by atoms with Gasteiger partial charge in [0.15, 0.2) is 18.9 Å². The highest BCUT2D eigenvalue weighted by Gasteiger charge is 2.73. The van der Waals surface area contributed by atoms with E-state index < -0.39 is 73.8 Å². The van der Waals surface area contributed by atoms with E-state index in [1.807, 2.05) is 6.92 Å². The fraction of sp³-hybridized carbons (Fsp3) is 0.976. The molecular weight excluding hydrogens is 698 g/mol. The van der Waals surface area contributed by atoms with Crippen LogP contribution in [0, 0.1) is 40.4 Å². The number of ether oxygens (including phenoxy) is 7. The molecule has 22 atom stereocenters. The summed E-state index contributed by atoms with van der Waals surface area (Å²) in [5.74, 6) is 2.76. The van der Waals surface area contributed by atoms with Gasteiger partial charge in [-0.2, -0.15) is 0 Å². The Bertz CT molecular complexity index is 1370. The van der Waals surface area contributed by atoms with Crippen molar-refractivity contribution >= 4 is 5.91 Å². The van der Waals surface area contributed by atoms with Gasteiger partial charge in [0.25, 0.3) is 0 Å². The molecule has 0 radical (unpaired) electrons. The van der Waals surface area contributed by atoms with Gasteiger partial charge in [0, 0.05) is 37.0 Å². The van der Waals surface area contributed by atoms with E-state index in [2.05, 4.69) is 19.2 Å². The summed E-state index contributed by atoms with van der Waals surface area (Å²) in [4.78, 5) is 12.5. The second-order valence-corrected chi connectivity index (χ2v) is 19.4. The Labute approximate surface area is 319 Å². The number of rotatable bonds is 6. The van der Waals surface area contributed by atoms with Gasteiger partial charge in [-0.3, -0.25) is 4.79 Å². The van der Waals surface area contributed by atoms with Crippen molar-refractivity contribution in [1.82, 2.24) is 5.32 Å². The maximum Gasteiger partial charge on any atom is 0.222 e. The first kappa shape index (κ1) is 38.5. The minimum absolute atomic E-state index is 0.0693. The largest absolute Gasteiger partial charge is 0.390 e. The molecule has 0 aromatic rings. The predicted octanol–water partition coefficient (Wildman–Crippen LogP) is 3.26. The number of amides is 1. The maximum atomic E-state index is 12.5. The molecule has 9 aliphatic rings. The van der Waals surface area contributed by atoms with Crippen molar-refractivity contribution in [1.29, 1.82) is 0 Å². The lowest BCUT2D eigenvalue weighted by molar-refractivity contribution is -0.336. The predicted molar refractivity (Wildman–Crippen MR) is 191 cm³/mol. The highest BCUT2D eigenvalue weighted by molar-refractivity contribution is 5.79. The highest BCUT2D eigenvalue weighted by atomic mass is 16.7. The number of hydrogen-bond acceptors (Lipinski definition) is 12. The van der Waals surface area contributed by atoms with Crippen LogP contribution in [0.5, 0.6) is 0 Å². The zero-order chi connectivity index (χ0) is 37.9. The molecule has 0 unspecified atom stereocenters. The molecule has 5 saturated heterocycles. The van der Waals surface area contributed by atoms with Crippen LogP contribution in [-0.4, -0.2) is 118 Å². The van der Waals surface area contributed by atoms with Gasteiger partial charge in [0.2, 0.25) is 5.91 Å². The average Bonchev–Trinajstić information content (AvgIpc) is 3.57. The average molecular weight is 764 g/mol. The fourth-order valence-electron chi connectivity index (χ4n) is 13.9. The molecule has 9 rings (SSSR count). The number of carbonyl (C=O) groups is 1. The van der Waals surface area contributed by atoms with Gasteiger partial charge in [0.05, 0.1) is 48.3 Å². The highest BCUT2D eigenvalue weighted by Crippen LogP contribution is 2.73. The molecule has 0 aromatic heterocycles. The molecule has 13 nitrogen and oxygen atoms in total. The molecule has 9 fully saturated rings. The van der Waals surface area contributed by atoms with Crippen LogP contribution in [0.15, 0.2) is 0 Å². The zero-order valence-corrected chi connectivity index (χ0v) is 32.7. The van der Waals surface area contributed by atoms with Gasteiger partial charge in [-0.25, -0.2) is 0 Å². The fourth-order valence-corrected chi connectivity index (χ4v) is 13.9. The Hall–Kier alpha value is -0.970. The molecule has 2 bridgehead atoms. The van der Waals surface area contributed by atoms with E-state index in [4.69, 9.17) is 33.2 Å². The molecule has 4 aliphatic carbocycles. The van der Waals surface area contributed by atoms with Crippen molar-refractivity contribution in [3.63, 3.8) is 0 Å². The lowest BCUT2D eigenvalue weighted by Crippen LogP contribution is -2.67. The summed E-state index contributed by atoms with van der Waals surface area (Å²) in [7, 11) is 0. The quantitative estimate of drug-likeness (QED) is 0.251. The zero-order valence-electron chi connectivity index (χ0n) is 32.7. The molecule has 5 N–H and O–H groups in total. The Morgan fingerprint density at radius 3 is 1.93 bits per heavy atom. The third-order valence-electron chi connectivity index (χ3n) is 16.7. The standard InChI is InChI=1S/C41H65NO12/c1-19-35(47)28(43)16-33(48-19)52-37-21(3)50-34(18-30(37)45)53-36-20(2)49-32(17-29(36)44)51-23-8-11-39(4)22(14-23)6-7-27-26(39)9-12-40(5)25-10-13-41(27,40)54-38-24(25)15-31(46)42-38/h19-30,32-38,43-45,47H,6-18H2,1-5H3,(H,42,46)/t19-,20-,21-,22-,23+,24+,25+,26-,27-,28+,29+,30+,32+,33-,34-,35-,36+,37-,38+,39+,40-,41+/m1/s1. The first-order chi connectivity index (χ1) is 25.7. The summed E-state index contributed by atoms with van der Waals surface area (Å²) in [6, 6.07) is 0. The molecule has 0 spiro atoms. The maximum absolute atomic E-state index is 12.5. The second kappa shape index (κ2) is 14.1. The molecular formula is C41H65NO12. The lowest BCUT2D eigenvalue weighted by Gasteiger charge is -2.67. The molecule has 0 aromatic carbocycles. The van der Waals surface area contributed by atoms with Crippen molar-refractivity contribution in [3.05, 3.63) is 0 Å². The third kappa shape index (κ3) is 6.16. The first-order valence-corrected chi connectivity index (χ1v) is 21.3. The minimum Gasteiger partial charge on any atom is -0.390 e. The minimum atomic E-state index is -0.989. The van der Waals surface area contributed by atoms with E-state index in [9.17, 15) is 25.2 Å². The van der Waals surface area contributed by atoms with Crippen LogP contribution in [0.1, 0.15) is 118 Å². The molecule has 5 aliphatic heterocycles. The summed E-state index contributed by atoms with van der Waals surface area (Å²) in [6.07, 6.45) is 2.48. The van der Waals surface area contributed by atoms with Gasteiger partial charge in [-0.1, -0.05) is 13.8 Å². The van der Waals surface area contributed by atoms with E-state index in [1.165, 1.54) is 32.1 Å². The topological polar surface area (TPSA) is 175 Å². The van der Waals surface area contributed by atoms with E-state index in [-0.39, 0.29) is 47.5 Å². The van der Waals surface area contributed by atoms with E-state index in [0.29, 0.717) is 42.4 Å². The Morgan fingerprint density at radius 2 is 1.28 bits per heavy atom. The Morgan fingerprint density at radius 1 is 0.667 bits per heavy atom. The normalized spacial score (nSPS) is 58.4. The van der Waals surface area contributed by atoms with Crippen molar-refractivity contribution in [2.75, 3.05) is 0 Å². The van der Waals surface area contributed by atoms with E-state index in [0.717, 1.165) is 25.7 Å². The summed E-state index contributed by atoms with van der Waals surface area (Å²) in [5.41, 5.74) is 0.252. The van der Waals surface area contributed by atoms with Crippen molar-refractivity contribution < 1.29 is 58.4 Å².